The van der Waals surface area contributed by atoms with Gasteiger partial charge in [0.15, 0.2) is 11.0 Å². The first-order valence-corrected chi connectivity index (χ1v) is 11.3. The third-order valence-corrected chi connectivity index (χ3v) is 6.51. The Balaban J connectivity index is 1.38. The van der Waals surface area contributed by atoms with Gasteiger partial charge in [-0.05, 0) is 48.6 Å². The van der Waals surface area contributed by atoms with Gasteiger partial charge in [-0.15, -0.1) is 21.5 Å². The van der Waals surface area contributed by atoms with Crippen LogP contribution >= 0.6 is 23.1 Å². The summed E-state index contributed by atoms with van der Waals surface area (Å²) in [4.78, 5) is 1.06. The van der Waals surface area contributed by atoms with Crippen LogP contribution in [0.1, 0.15) is 12.8 Å². The van der Waals surface area contributed by atoms with Gasteiger partial charge in [0.05, 0.1) is 23.6 Å². The Kier molecular flexibility index (Phi) is 6.81. The summed E-state index contributed by atoms with van der Waals surface area (Å²) in [5.41, 5.74) is 0. The Morgan fingerprint density at radius 3 is 2.90 bits per heavy atom. The van der Waals surface area contributed by atoms with Crippen LogP contribution in [0.5, 0.6) is 5.75 Å². The standard InChI is InChI=1S/C20H22FN3O3S2/c21-14-5-7-16(8-6-14)27-12-15(25)13-29-20-23-22-19(18-4-2-10-28-18)24(20)11-17-3-1-9-26-17/h2,4-8,10,15,17,25H,1,3,9,11-13H2/t15-,17+/m0/s1. The Morgan fingerprint density at radius 2 is 2.17 bits per heavy atom. The minimum Gasteiger partial charge on any atom is -0.491 e. The van der Waals surface area contributed by atoms with Gasteiger partial charge in [0.1, 0.15) is 18.2 Å². The van der Waals surface area contributed by atoms with Gasteiger partial charge >= 0.3 is 0 Å². The first-order chi connectivity index (χ1) is 14.2. The molecule has 1 aliphatic heterocycles. The van der Waals surface area contributed by atoms with Crippen LogP contribution in [0, 0.1) is 5.82 Å². The van der Waals surface area contributed by atoms with E-state index in [4.69, 9.17) is 9.47 Å². The molecule has 2 aromatic heterocycles. The van der Waals surface area contributed by atoms with Gasteiger partial charge < -0.3 is 14.6 Å². The molecule has 1 aliphatic rings. The van der Waals surface area contributed by atoms with Gasteiger partial charge in [-0.25, -0.2) is 4.39 Å². The topological polar surface area (TPSA) is 69.4 Å². The van der Waals surface area contributed by atoms with Crippen molar-refractivity contribution in [3.63, 3.8) is 0 Å². The van der Waals surface area contributed by atoms with Gasteiger partial charge in [-0.2, -0.15) is 0 Å². The van der Waals surface area contributed by atoms with Crippen molar-refractivity contribution in [1.29, 1.82) is 0 Å². The molecule has 29 heavy (non-hydrogen) atoms. The minimum absolute atomic E-state index is 0.121. The van der Waals surface area contributed by atoms with Crippen LogP contribution in [0.3, 0.4) is 0 Å². The Bertz CT molecular complexity index is 896. The maximum Gasteiger partial charge on any atom is 0.191 e. The van der Waals surface area contributed by atoms with E-state index in [0.717, 1.165) is 35.3 Å². The third-order valence-electron chi connectivity index (χ3n) is 4.53. The largest absolute Gasteiger partial charge is 0.491 e. The summed E-state index contributed by atoms with van der Waals surface area (Å²) in [5, 5.41) is 21.8. The molecule has 1 aromatic carbocycles. The van der Waals surface area contributed by atoms with Crippen LogP contribution in [0.2, 0.25) is 0 Å². The molecule has 0 bridgehead atoms. The van der Waals surface area contributed by atoms with Crippen molar-refractivity contribution in [2.75, 3.05) is 19.0 Å². The van der Waals surface area contributed by atoms with Crippen molar-refractivity contribution in [2.24, 2.45) is 0 Å². The van der Waals surface area contributed by atoms with Gasteiger partial charge in [-0.1, -0.05) is 17.8 Å². The smallest absolute Gasteiger partial charge is 0.191 e. The first kappa shape index (κ1) is 20.3. The van der Waals surface area contributed by atoms with E-state index in [1.165, 1.54) is 23.9 Å². The number of aliphatic hydroxyl groups is 1. The summed E-state index contributed by atoms with van der Waals surface area (Å²) in [6, 6.07) is 9.77. The number of halogens is 1. The van der Waals surface area contributed by atoms with E-state index in [1.54, 1.807) is 23.5 Å². The average molecular weight is 436 g/mol. The third kappa shape index (κ3) is 5.36. The highest BCUT2D eigenvalue weighted by Crippen LogP contribution is 2.29. The Morgan fingerprint density at radius 1 is 1.31 bits per heavy atom. The van der Waals surface area contributed by atoms with Crippen molar-refractivity contribution in [1.82, 2.24) is 14.8 Å². The first-order valence-electron chi connectivity index (χ1n) is 9.47. The molecular weight excluding hydrogens is 413 g/mol. The van der Waals surface area contributed by atoms with Crippen molar-refractivity contribution < 1.29 is 19.0 Å². The number of thioether (sulfide) groups is 1. The summed E-state index contributed by atoms with van der Waals surface area (Å²) < 4.78 is 26.4. The second-order valence-electron chi connectivity index (χ2n) is 6.76. The van der Waals surface area contributed by atoms with Crippen molar-refractivity contribution in [2.45, 2.75) is 36.8 Å². The van der Waals surface area contributed by atoms with E-state index in [9.17, 15) is 9.50 Å². The molecule has 0 saturated carbocycles. The molecule has 0 spiro atoms. The Hall–Kier alpha value is -1.94. The van der Waals surface area contributed by atoms with E-state index < -0.39 is 6.10 Å². The molecule has 0 aliphatic carbocycles. The molecule has 1 N–H and O–H groups in total. The van der Waals surface area contributed by atoms with Crippen LogP contribution < -0.4 is 4.74 Å². The van der Waals surface area contributed by atoms with Crippen molar-refractivity contribution in [3.8, 4) is 16.5 Å². The van der Waals surface area contributed by atoms with Gasteiger partial charge in [0.25, 0.3) is 0 Å². The second kappa shape index (κ2) is 9.71. The number of aliphatic hydroxyl groups excluding tert-OH is 1. The average Bonchev–Trinajstić information content (AvgIpc) is 3.49. The lowest BCUT2D eigenvalue weighted by atomic mass is 10.2. The van der Waals surface area contributed by atoms with Crippen molar-refractivity contribution >= 4 is 23.1 Å². The molecule has 1 saturated heterocycles. The molecule has 0 amide bonds. The lowest BCUT2D eigenvalue weighted by molar-refractivity contribution is 0.0953. The molecule has 6 nitrogen and oxygen atoms in total. The Labute approximate surface area is 176 Å². The molecule has 3 aromatic rings. The number of aromatic nitrogens is 3. The van der Waals surface area contributed by atoms with Gasteiger partial charge in [-0.3, -0.25) is 4.57 Å². The normalized spacial score (nSPS) is 17.5. The number of benzene rings is 1. The van der Waals surface area contributed by atoms with E-state index in [2.05, 4.69) is 14.8 Å². The fraction of sp³-hybridized carbons (Fsp3) is 0.400. The number of nitrogens with zero attached hydrogens (tertiary/aromatic N) is 3. The van der Waals surface area contributed by atoms with Crippen LogP contribution in [0.4, 0.5) is 4.39 Å². The van der Waals surface area contributed by atoms with Gasteiger partial charge in [0.2, 0.25) is 0 Å². The quantitative estimate of drug-likeness (QED) is 0.515. The lowest BCUT2D eigenvalue weighted by Crippen LogP contribution is -2.21. The lowest BCUT2D eigenvalue weighted by Gasteiger charge is -2.15. The van der Waals surface area contributed by atoms with Gasteiger partial charge in [0, 0.05) is 12.4 Å². The predicted molar refractivity (Wildman–Crippen MR) is 111 cm³/mol. The number of ether oxygens (including phenoxy) is 2. The molecule has 0 unspecified atom stereocenters. The molecule has 4 rings (SSSR count). The van der Waals surface area contributed by atoms with Crippen LogP contribution in [-0.4, -0.2) is 51.0 Å². The number of rotatable bonds is 9. The predicted octanol–water partition coefficient (Wildman–Crippen LogP) is 3.86. The highest BCUT2D eigenvalue weighted by molar-refractivity contribution is 7.99. The van der Waals surface area contributed by atoms with E-state index >= 15 is 0 Å². The summed E-state index contributed by atoms with van der Waals surface area (Å²) in [5.74, 6) is 1.45. The van der Waals surface area contributed by atoms with Crippen molar-refractivity contribution in [3.05, 3.63) is 47.6 Å². The molecule has 3 heterocycles. The summed E-state index contributed by atoms with van der Waals surface area (Å²) in [6.07, 6.45) is 1.57. The summed E-state index contributed by atoms with van der Waals surface area (Å²) >= 11 is 3.07. The van der Waals surface area contributed by atoms with E-state index in [0.29, 0.717) is 18.0 Å². The molecule has 2 atom stereocenters. The molecule has 154 valence electrons. The second-order valence-corrected chi connectivity index (χ2v) is 8.69. The minimum atomic E-state index is -0.692. The number of hydrogen-bond donors (Lipinski definition) is 1. The fourth-order valence-electron chi connectivity index (χ4n) is 3.08. The number of thiophene rings is 1. The molecule has 9 heteroatoms. The molecular formula is C20H22FN3O3S2. The summed E-state index contributed by atoms with van der Waals surface area (Å²) in [7, 11) is 0. The highest BCUT2D eigenvalue weighted by Gasteiger charge is 2.22. The van der Waals surface area contributed by atoms with Crippen LogP contribution in [0.15, 0.2) is 46.9 Å². The zero-order valence-corrected chi connectivity index (χ0v) is 17.4. The zero-order chi connectivity index (χ0) is 20.1. The zero-order valence-electron chi connectivity index (χ0n) is 15.7. The monoisotopic (exact) mass is 435 g/mol. The van der Waals surface area contributed by atoms with Crippen LogP contribution in [0.25, 0.3) is 10.7 Å². The van der Waals surface area contributed by atoms with Crippen LogP contribution in [-0.2, 0) is 11.3 Å². The fourth-order valence-corrected chi connectivity index (χ4v) is 4.65. The SMILES string of the molecule is O[C@@H](COc1ccc(F)cc1)CSc1nnc(-c2cccs2)n1C[C@H]1CCCO1. The van der Waals surface area contributed by atoms with E-state index in [1.807, 2.05) is 17.5 Å². The number of hydrogen-bond acceptors (Lipinski definition) is 7. The maximum atomic E-state index is 12.9. The highest BCUT2D eigenvalue weighted by atomic mass is 32.2. The molecule has 1 fully saturated rings. The molecule has 0 radical (unpaired) electrons. The summed E-state index contributed by atoms with van der Waals surface area (Å²) in [6.45, 7) is 1.62. The van der Waals surface area contributed by atoms with E-state index in [-0.39, 0.29) is 18.5 Å². The maximum absolute atomic E-state index is 12.9.